The molecule has 1 aromatic carbocycles. The number of piperazine rings is 1. The molecule has 0 spiro atoms. The molecule has 130 valence electrons. The van der Waals surface area contributed by atoms with E-state index in [0.717, 1.165) is 49.6 Å². The van der Waals surface area contributed by atoms with E-state index < -0.39 is 0 Å². The number of nitrogens with one attached hydrogen (secondary N) is 1. The summed E-state index contributed by atoms with van der Waals surface area (Å²) in [6.45, 7) is 4.15. The lowest BCUT2D eigenvalue weighted by Gasteiger charge is -2.39. The standard InChI is InChI=1S/C18H26N4O2/c1-21-8-9-22(13-16(21)7-10-23)12-15-11-19-20-18(15)14-3-5-17(24-2)6-4-14/h3-6,11,16,23H,7-10,12-13H2,1-2H3,(H,19,20). The fraction of sp³-hybridized carbons (Fsp3) is 0.500. The van der Waals surface area contributed by atoms with Crippen molar-refractivity contribution in [2.75, 3.05) is 40.4 Å². The van der Waals surface area contributed by atoms with Crippen LogP contribution in [0.1, 0.15) is 12.0 Å². The van der Waals surface area contributed by atoms with Gasteiger partial charge in [-0.25, -0.2) is 0 Å². The molecule has 0 amide bonds. The number of aliphatic hydroxyl groups is 1. The van der Waals surface area contributed by atoms with Gasteiger partial charge in [0.05, 0.1) is 19.0 Å². The van der Waals surface area contributed by atoms with Gasteiger partial charge in [0.15, 0.2) is 0 Å². The fourth-order valence-electron chi connectivity index (χ4n) is 3.29. The lowest BCUT2D eigenvalue weighted by Crippen LogP contribution is -2.51. The quantitative estimate of drug-likeness (QED) is 0.842. The van der Waals surface area contributed by atoms with E-state index in [0.29, 0.717) is 6.04 Å². The molecule has 1 aliphatic heterocycles. The van der Waals surface area contributed by atoms with E-state index in [4.69, 9.17) is 4.74 Å². The van der Waals surface area contributed by atoms with Crippen LogP contribution in [0.25, 0.3) is 11.3 Å². The molecule has 24 heavy (non-hydrogen) atoms. The Kier molecular flexibility index (Phi) is 5.50. The summed E-state index contributed by atoms with van der Waals surface area (Å²) in [5.41, 5.74) is 3.38. The Labute approximate surface area is 143 Å². The number of hydrogen-bond acceptors (Lipinski definition) is 5. The van der Waals surface area contributed by atoms with Crippen molar-refractivity contribution in [3.05, 3.63) is 36.0 Å². The molecule has 1 atom stereocenters. The minimum Gasteiger partial charge on any atom is -0.497 e. The number of hydrogen-bond donors (Lipinski definition) is 2. The number of aromatic amines is 1. The van der Waals surface area contributed by atoms with E-state index in [1.807, 2.05) is 30.5 Å². The van der Waals surface area contributed by atoms with Gasteiger partial charge >= 0.3 is 0 Å². The van der Waals surface area contributed by atoms with Crippen molar-refractivity contribution >= 4 is 0 Å². The molecule has 0 bridgehead atoms. The van der Waals surface area contributed by atoms with Gasteiger partial charge in [-0.05, 0) is 37.7 Å². The summed E-state index contributed by atoms with van der Waals surface area (Å²) < 4.78 is 5.22. The van der Waals surface area contributed by atoms with Gasteiger partial charge < -0.3 is 14.7 Å². The van der Waals surface area contributed by atoms with Gasteiger partial charge in [-0.2, -0.15) is 5.10 Å². The molecule has 6 heteroatoms. The molecule has 1 saturated heterocycles. The number of aliphatic hydroxyl groups excluding tert-OH is 1. The molecule has 6 nitrogen and oxygen atoms in total. The van der Waals surface area contributed by atoms with Gasteiger partial charge in [0.1, 0.15) is 5.75 Å². The fourth-order valence-corrected chi connectivity index (χ4v) is 3.29. The summed E-state index contributed by atoms with van der Waals surface area (Å²) in [5.74, 6) is 0.853. The molecule has 1 aliphatic rings. The Bertz CT molecular complexity index is 641. The van der Waals surface area contributed by atoms with E-state index >= 15 is 0 Å². The van der Waals surface area contributed by atoms with Crippen LogP contribution in [0.5, 0.6) is 5.75 Å². The topological polar surface area (TPSA) is 64.6 Å². The van der Waals surface area contributed by atoms with Crippen molar-refractivity contribution in [2.45, 2.75) is 19.0 Å². The molecule has 0 saturated carbocycles. The van der Waals surface area contributed by atoms with Crippen LogP contribution in [0.15, 0.2) is 30.5 Å². The molecule has 2 N–H and O–H groups in total. The number of methoxy groups -OCH3 is 1. The summed E-state index contributed by atoms with van der Waals surface area (Å²) in [6, 6.07) is 8.45. The second-order valence-electron chi connectivity index (χ2n) is 6.38. The summed E-state index contributed by atoms with van der Waals surface area (Å²) in [6.07, 6.45) is 2.74. The molecule has 1 fully saturated rings. The van der Waals surface area contributed by atoms with Gasteiger partial charge in [-0.15, -0.1) is 0 Å². The average Bonchev–Trinajstić information content (AvgIpc) is 3.06. The predicted octanol–water partition coefficient (Wildman–Crippen LogP) is 1.58. The molecule has 0 aliphatic carbocycles. The number of likely N-dealkylation sites (N-methyl/N-ethyl adjacent to an activating group) is 1. The van der Waals surface area contributed by atoms with E-state index in [1.165, 1.54) is 5.56 Å². The van der Waals surface area contributed by atoms with E-state index in [2.05, 4.69) is 27.0 Å². The Morgan fingerprint density at radius 1 is 1.29 bits per heavy atom. The zero-order valence-corrected chi connectivity index (χ0v) is 14.4. The molecule has 3 rings (SSSR count). The summed E-state index contributed by atoms with van der Waals surface area (Å²) in [7, 11) is 3.81. The molecule has 1 unspecified atom stereocenters. The molecular weight excluding hydrogens is 304 g/mol. The maximum absolute atomic E-state index is 9.24. The largest absolute Gasteiger partial charge is 0.497 e. The molecule has 2 aromatic rings. The van der Waals surface area contributed by atoms with Gasteiger partial charge in [-0.3, -0.25) is 10.00 Å². The Balaban J connectivity index is 1.71. The lowest BCUT2D eigenvalue weighted by atomic mass is 10.1. The number of H-pyrrole nitrogens is 1. The minimum atomic E-state index is 0.242. The number of rotatable bonds is 6. The molecule has 2 heterocycles. The van der Waals surface area contributed by atoms with Crippen molar-refractivity contribution in [2.24, 2.45) is 0 Å². The number of aromatic nitrogens is 2. The normalized spacial score (nSPS) is 19.5. The first kappa shape index (κ1) is 17.0. The monoisotopic (exact) mass is 330 g/mol. The zero-order valence-electron chi connectivity index (χ0n) is 14.4. The maximum Gasteiger partial charge on any atom is 0.118 e. The molecule has 1 aromatic heterocycles. The Hall–Kier alpha value is -1.89. The second-order valence-corrected chi connectivity index (χ2v) is 6.38. The van der Waals surface area contributed by atoms with Crippen molar-refractivity contribution < 1.29 is 9.84 Å². The van der Waals surface area contributed by atoms with Crippen LogP contribution in [0, 0.1) is 0 Å². The van der Waals surface area contributed by atoms with Crippen LogP contribution in [0.3, 0.4) is 0 Å². The maximum atomic E-state index is 9.24. The predicted molar refractivity (Wildman–Crippen MR) is 94.0 cm³/mol. The smallest absolute Gasteiger partial charge is 0.118 e. The summed E-state index contributed by atoms with van der Waals surface area (Å²) in [4.78, 5) is 4.78. The van der Waals surface area contributed by atoms with Gasteiger partial charge in [0, 0.05) is 50.0 Å². The van der Waals surface area contributed by atoms with Crippen molar-refractivity contribution in [1.29, 1.82) is 0 Å². The van der Waals surface area contributed by atoms with Crippen LogP contribution in [-0.2, 0) is 6.54 Å². The SMILES string of the molecule is COc1ccc(-c2[nH]ncc2CN2CCN(C)C(CCO)C2)cc1. The second kappa shape index (κ2) is 7.79. The van der Waals surface area contributed by atoms with Crippen LogP contribution in [-0.4, -0.2) is 71.5 Å². The summed E-state index contributed by atoms with van der Waals surface area (Å²) in [5, 5.41) is 16.6. The van der Waals surface area contributed by atoms with E-state index in [-0.39, 0.29) is 6.61 Å². The van der Waals surface area contributed by atoms with E-state index in [1.54, 1.807) is 7.11 Å². The zero-order chi connectivity index (χ0) is 16.9. The highest BCUT2D eigenvalue weighted by molar-refractivity contribution is 5.63. The van der Waals surface area contributed by atoms with Gasteiger partial charge in [0.25, 0.3) is 0 Å². The van der Waals surface area contributed by atoms with Crippen LogP contribution < -0.4 is 4.74 Å². The Morgan fingerprint density at radius 3 is 2.79 bits per heavy atom. The number of ether oxygens (including phenoxy) is 1. The first-order valence-electron chi connectivity index (χ1n) is 8.41. The highest BCUT2D eigenvalue weighted by atomic mass is 16.5. The highest BCUT2D eigenvalue weighted by Gasteiger charge is 2.24. The van der Waals surface area contributed by atoms with Gasteiger partial charge in [0.2, 0.25) is 0 Å². The highest BCUT2D eigenvalue weighted by Crippen LogP contribution is 2.25. The minimum absolute atomic E-state index is 0.242. The number of nitrogens with zero attached hydrogens (tertiary/aromatic N) is 3. The van der Waals surface area contributed by atoms with Crippen molar-refractivity contribution in [1.82, 2.24) is 20.0 Å². The van der Waals surface area contributed by atoms with Crippen LogP contribution in [0.4, 0.5) is 0 Å². The first-order valence-corrected chi connectivity index (χ1v) is 8.41. The lowest BCUT2D eigenvalue weighted by molar-refractivity contribution is 0.0744. The van der Waals surface area contributed by atoms with Gasteiger partial charge in [-0.1, -0.05) is 0 Å². The Morgan fingerprint density at radius 2 is 2.08 bits per heavy atom. The van der Waals surface area contributed by atoms with Crippen LogP contribution in [0.2, 0.25) is 0 Å². The average molecular weight is 330 g/mol. The third-order valence-electron chi connectivity index (χ3n) is 4.81. The van der Waals surface area contributed by atoms with Crippen molar-refractivity contribution in [3.8, 4) is 17.0 Å². The molecular formula is C18H26N4O2. The van der Waals surface area contributed by atoms with E-state index in [9.17, 15) is 5.11 Å². The number of benzene rings is 1. The third-order valence-corrected chi connectivity index (χ3v) is 4.81. The molecule has 0 radical (unpaired) electrons. The van der Waals surface area contributed by atoms with Crippen molar-refractivity contribution in [3.63, 3.8) is 0 Å². The summed E-state index contributed by atoms with van der Waals surface area (Å²) >= 11 is 0. The first-order chi connectivity index (χ1) is 11.7. The third kappa shape index (κ3) is 3.77. The van der Waals surface area contributed by atoms with Crippen LogP contribution >= 0.6 is 0 Å².